The highest BCUT2D eigenvalue weighted by atomic mass is 32.2. The van der Waals surface area contributed by atoms with Gasteiger partial charge in [-0.05, 0) is 47.7 Å². The number of hydrogen-bond donors (Lipinski definition) is 0. The Balaban J connectivity index is 1.66. The van der Waals surface area contributed by atoms with Gasteiger partial charge in [-0.15, -0.1) is 0 Å². The van der Waals surface area contributed by atoms with Crippen LogP contribution in [0.25, 0.3) is 6.08 Å². The zero-order valence-corrected chi connectivity index (χ0v) is 16.9. The highest BCUT2D eigenvalue weighted by Crippen LogP contribution is 2.33. The fourth-order valence-corrected chi connectivity index (χ4v) is 3.32. The Kier molecular flexibility index (Phi) is 6.58. The zero-order valence-electron chi connectivity index (χ0n) is 16.1. The number of imide groups is 1. The van der Waals surface area contributed by atoms with Crippen molar-refractivity contribution in [3.63, 3.8) is 0 Å². The third kappa shape index (κ3) is 4.90. The molecule has 1 aromatic carbocycles. The van der Waals surface area contributed by atoms with Gasteiger partial charge in [-0.3, -0.25) is 14.5 Å². The Labute approximate surface area is 175 Å². The summed E-state index contributed by atoms with van der Waals surface area (Å²) in [5, 5.41) is -0.444. The molecule has 0 N–H and O–H groups in total. The molecule has 9 nitrogen and oxygen atoms in total. The van der Waals surface area contributed by atoms with E-state index in [-0.39, 0.29) is 29.6 Å². The molecule has 0 aliphatic carbocycles. The van der Waals surface area contributed by atoms with E-state index in [0.29, 0.717) is 11.3 Å². The maximum atomic E-state index is 12.6. The monoisotopic (exact) mass is 431 g/mol. The lowest BCUT2D eigenvalue weighted by Crippen LogP contribution is -2.27. The van der Waals surface area contributed by atoms with Crippen molar-refractivity contribution in [2.24, 2.45) is 0 Å². The number of esters is 2. The molecule has 10 heteroatoms. The van der Waals surface area contributed by atoms with Gasteiger partial charge in [0.05, 0.1) is 25.7 Å². The lowest BCUT2D eigenvalue weighted by atomic mass is 10.2. The minimum absolute atomic E-state index is 0.00970. The molecule has 0 saturated carbocycles. The molecule has 2 heterocycles. The van der Waals surface area contributed by atoms with Gasteiger partial charge in [-0.25, -0.2) is 9.59 Å². The fraction of sp³-hybridized carbons (Fsp3) is 0.200. The third-order valence-corrected chi connectivity index (χ3v) is 4.91. The summed E-state index contributed by atoms with van der Waals surface area (Å²) in [6, 6.07) is 9.57. The predicted molar refractivity (Wildman–Crippen MR) is 106 cm³/mol. The number of nitrogens with zero attached hydrogens (tertiary/aromatic N) is 1. The second-order valence-corrected chi connectivity index (χ2v) is 6.95. The molecule has 2 aromatic rings. The minimum Gasteiger partial charge on any atom is -0.482 e. The van der Waals surface area contributed by atoms with E-state index in [1.165, 1.54) is 26.4 Å². The number of rotatable bonds is 7. The van der Waals surface area contributed by atoms with Crippen molar-refractivity contribution in [3.05, 3.63) is 58.4 Å². The molecule has 0 unspecified atom stereocenters. The lowest BCUT2D eigenvalue weighted by molar-refractivity contribution is -0.142. The first-order valence-electron chi connectivity index (χ1n) is 8.63. The van der Waals surface area contributed by atoms with Crippen LogP contribution in [0.1, 0.15) is 21.9 Å². The van der Waals surface area contributed by atoms with Gasteiger partial charge in [-0.2, -0.15) is 0 Å². The molecule has 1 aliphatic rings. The van der Waals surface area contributed by atoms with Crippen LogP contribution in [-0.2, 0) is 25.6 Å². The van der Waals surface area contributed by atoms with E-state index in [0.717, 1.165) is 16.7 Å². The topological polar surface area (TPSA) is 112 Å². The van der Waals surface area contributed by atoms with Gasteiger partial charge in [0.25, 0.3) is 11.1 Å². The normalized spacial score (nSPS) is 14.9. The van der Waals surface area contributed by atoms with E-state index in [4.69, 9.17) is 9.15 Å². The number of ether oxygens (including phenoxy) is 3. The van der Waals surface area contributed by atoms with Crippen molar-refractivity contribution < 1.29 is 37.8 Å². The molecule has 0 radical (unpaired) electrons. The standard InChI is InChI=1S/C20H17NO8S/c1-26-17(22)11-28-13-5-3-12(4-6-13)9-16-18(23)21(20(25)30-16)10-14-7-8-15(29-14)19(24)27-2/h3-9H,10-11H2,1-2H3/b16-9+. The molecule has 1 aromatic heterocycles. The van der Waals surface area contributed by atoms with Crippen LogP contribution in [0, 0.1) is 0 Å². The smallest absolute Gasteiger partial charge is 0.373 e. The summed E-state index contributed by atoms with van der Waals surface area (Å²) in [5.74, 6) is -0.871. The van der Waals surface area contributed by atoms with Crippen LogP contribution in [0.4, 0.5) is 4.79 Å². The van der Waals surface area contributed by atoms with E-state index in [1.54, 1.807) is 30.3 Å². The second-order valence-electron chi connectivity index (χ2n) is 5.96. The molecular weight excluding hydrogens is 414 g/mol. The van der Waals surface area contributed by atoms with E-state index in [2.05, 4.69) is 9.47 Å². The lowest BCUT2D eigenvalue weighted by Gasteiger charge is -2.09. The maximum Gasteiger partial charge on any atom is 0.373 e. The van der Waals surface area contributed by atoms with E-state index in [1.807, 2.05) is 0 Å². The van der Waals surface area contributed by atoms with Crippen molar-refractivity contribution in [2.45, 2.75) is 6.54 Å². The summed E-state index contributed by atoms with van der Waals surface area (Å²) in [5.41, 5.74) is 0.678. The summed E-state index contributed by atoms with van der Waals surface area (Å²) in [7, 11) is 2.50. The third-order valence-electron chi connectivity index (χ3n) is 4.00. The quantitative estimate of drug-likeness (QED) is 0.482. The highest BCUT2D eigenvalue weighted by Gasteiger charge is 2.35. The molecule has 0 bridgehead atoms. The summed E-state index contributed by atoms with van der Waals surface area (Å²) in [4.78, 5) is 48.7. The van der Waals surface area contributed by atoms with Gasteiger partial charge in [0, 0.05) is 0 Å². The van der Waals surface area contributed by atoms with Crippen LogP contribution in [0.5, 0.6) is 5.75 Å². The van der Waals surface area contributed by atoms with Gasteiger partial charge < -0.3 is 18.6 Å². The number of furan rings is 1. The zero-order chi connectivity index (χ0) is 21.7. The number of carbonyl (C=O) groups is 4. The van der Waals surface area contributed by atoms with Crippen LogP contribution >= 0.6 is 11.8 Å². The maximum absolute atomic E-state index is 12.6. The van der Waals surface area contributed by atoms with E-state index < -0.39 is 23.1 Å². The van der Waals surface area contributed by atoms with E-state index >= 15 is 0 Å². The van der Waals surface area contributed by atoms with Crippen LogP contribution < -0.4 is 4.74 Å². The van der Waals surface area contributed by atoms with Gasteiger partial charge in [0.1, 0.15) is 11.5 Å². The average molecular weight is 431 g/mol. The Bertz CT molecular complexity index is 1010. The van der Waals surface area contributed by atoms with Crippen LogP contribution in [0.15, 0.2) is 45.7 Å². The Morgan fingerprint density at radius 3 is 2.47 bits per heavy atom. The number of benzene rings is 1. The van der Waals surface area contributed by atoms with Crippen molar-refractivity contribution in [1.82, 2.24) is 4.90 Å². The average Bonchev–Trinajstić information content (AvgIpc) is 3.33. The molecule has 1 saturated heterocycles. The van der Waals surface area contributed by atoms with Crippen molar-refractivity contribution in [3.8, 4) is 5.75 Å². The Morgan fingerprint density at radius 2 is 1.80 bits per heavy atom. The van der Waals surface area contributed by atoms with Gasteiger partial charge in [0.15, 0.2) is 6.61 Å². The minimum atomic E-state index is -0.644. The van der Waals surface area contributed by atoms with Crippen molar-refractivity contribution >= 4 is 40.9 Å². The molecule has 3 rings (SSSR count). The molecule has 0 spiro atoms. The molecule has 30 heavy (non-hydrogen) atoms. The summed E-state index contributed by atoms with van der Waals surface area (Å²) in [6.45, 7) is -0.307. The molecule has 1 aliphatic heterocycles. The first-order chi connectivity index (χ1) is 14.4. The molecular formula is C20H17NO8S. The van der Waals surface area contributed by atoms with E-state index in [9.17, 15) is 19.2 Å². The summed E-state index contributed by atoms with van der Waals surface area (Å²) < 4.78 is 19.6. The number of thioether (sulfide) groups is 1. The molecule has 156 valence electrons. The molecule has 0 atom stereocenters. The predicted octanol–water partition coefficient (Wildman–Crippen LogP) is 2.85. The Morgan fingerprint density at radius 1 is 1.07 bits per heavy atom. The van der Waals surface area contributed by atoms with Gasteiger partial charge in [-0.1, -0.05) is 12.1 Å². The van der Waals surface area contributed by atoms with Gasteiger partial charge in [0.2, 0.25) is 5.76 Å². The first-order valence-corrected chi connectivity index (χ1v) is 9.45. The SMILES string of the molecule is COC(=O)COc1ccc(/C=C2/SC(=O)N(Cc3ccc(C(=O)OC)o3)C2=O)cc1. The summed E-state index contributed by atoms with van der Waals surface area (Å²) in [6.07, 6.45) is 1.58. The number of amides is 2. The Hall–Kier alpha value is -3.53. The van der Waals surface area contributed by atoms with Crippen LogP contribution in [0.3, 0.4) is 0 Å². The summed E-state index contributed by atoms with van der Waals surface area (Å²) >= 11 is 0.808. The largest absolute Gasteiger partial charge is 0.482 e. The highest BCUT2D eigenvalue weighted by molar-refractivity contribution is 8.18. The molecule has 1 fully saturated rings. The van der Waals surface area contributed by atoms with Crippen molar-refractivity contribution in [2.75, 3.05) is 20.8 Å². The van der Waals surface area contributed by atoms with Gasteiger partial charge >= 0.3 is 11.9 Å². The number of methoxy groups -OCH3 is 2. The number of hydrogen-bond acceptors (Lipinski definition) is 9. The van der Waals surface area contributed by atoms with Crippen LogP contribution in [0.2, 0.25) is 0 Å². The van der Waals surface area contributed by atoms with Crippen molar-refractivity contribution in [1.29, 1.82) is 0 Å². The molecule has 2 amide bonds. The first kappa shape index (κ1) is 21.2. The van der Waals surface area contributed by atoms with Crippen LogP contribution in [-0.4, -0.2) is 48.8 Å². The fourth-order valence-electron chi connectivity index (χ4n) is 2.48. The number of carbonyl (C=O) groups excluding carboxylic acids is 4. The second kappa shape index (κ2) is 9.31.